The van der Waals surface area contributed by atoms with Gasteiger partial charge in [0.25, 0.3) is 0 Å². The van der Waals surface area contributed by atoms with E-state index >= 15 is 0 Å². The lowest BCUT2D eigenvalue weighted by atomic mass is 10.0. The Morgan fingerprint density at radius 3 is 2.29 bits per heavy atom. The summed E-state index contributed by atoms with van der Waals surface area (Å²) in [5.74, 6) is -1.79. The van der Waals surface area contributed by atoms with Crippen LogP contribution >= 0.6 is 12.6 Å². The van der Waals surface area contributed by atoms with Crippen LogP contribution in [0.15, 0.2) is 52.5 Å². The Morgan fingerprint density at radius 1 is 1.04 bits per heavy atom. The lowest BCUT2D eigenvalue weighted by Gasteiger charge is -2.24. The molecule has 24 heavy (non-hydrogen) atoms. The number of anilines is 1. The van der Waals surface area contributed by atoms with Crippen molar-refractivity contribution >= 4 is 24.0 Å². The summed E-state index contributed by atoms with van der Waals surface area (Å²) in [6.45, 7) is 0. The van der Waals surface area contributed by atoms with Crippen LogP contribution in [0.4, 0.5) is 27.6 Å². The van der Waals surface area contributed by atoms with Crippen LogP contribution < -0.4 is 5.01 Å². The second kappa shape index (κ2) is 6.08. The average molecular weight is 358 g/mol. The zero-order valence-electron chi connectivity index (χ0n) is 12.1. The van der Waals surface area contributed by atoms with Gasteiger partial charge in [-0.25, -0.2) is 8.78 Å². The molecule has 126 valence electrons. The molecule has 0 aromatic heterocycles. The second-order valence-electron chi connectivity index (χ2n) is 5.30. The van der Waals surface area contributed by atoms with E-state index in [-0.39, 0.29) is 5.69 Å². The fraction of sp³-hybridized carbons (Fsp3) is 0.188. The molecule has 0 aliphatic carbocycles. The Hall–Kier alpha value is -2.09. The van der Waals surface area contributed by atoms with E-state index in [1.807, 2.05) is 0 Å². The van der Waals surface area contributed by atoms with E-state index in [1.54, 1.807) is 24.3 Å². The molecule has 2 aromatic carbocycles. The van der Waals surface area contributed by atoms with Crippen LogP contribution in [0.2, 0.25) is 0 Å². The Bertz CT molecular complexity index is 786. The zero-order valence-corrected chi connectivity index (χ0v) is 13.0. The molecule has 1 heterocycles. The smallest absolute Gasteiger partial charge is 0.254 e. The molecule has 0 radical (unpaired) electrons. The predicted molar refractivity (Wildman–Crippen MR) is 83.4 cm³/mol. The normalized spacial score (nSPS) is 18.0. The highest BCUT2D eigenvalue weighted by molar-refractivity contribution is 7.80. The molecule has 1 atom stereocenters. The van der Waals surface area contributed by atoms with Crippen molar-refractivity contribution in [3.63, 3.8) is 0 Å². The lowest BCUT2D eigenvalue weighted by Crippen LogP contribution is -2.21. The fourth-order valence-corrected chi connectivity index (χ4v) is 2.68. The first kappa shape index (κ1) is 16.8. The molecule has 1 unspecified atom stereocenters. The maximum Gasteiger partial charge on any atom is 0.431 e. The minimum Gasteiger partial charge on any atom is -0.254 e. The van der Waals surface area contributed by atoms with Gasteiger partial charge in [0.1, 0.15) is 11.5 Å². The Kier molecular flexibility index (Phi) is 4.25. The molecule has 0 spiro atoms. The summed E-state index contributed by atoms with van der Waals surface area (Å²) in [6.07, 6.45) is -5.04. The molecule has 0 amide bonds. The van der Waals surface area contributed by atoms with Crippen LogP contribution in [0.5, 0.6) is 0 Å². The number of alkyl halides is 3. The first-order valence-electron chi connectivity index (χ1n) is 6.93. The molecule has 2 nitrogen and oxygen atoms in total. The summed E-state index contributed by atoms with van der Waals surface area (Å²) in [7, 11) is 0. The lowest BCUT2D eigenvalue weighted by molar-refractivity contribution is -0.0600. The van der Waals surface area contributed by atoms with E-state index in [4.69, 9.17) is 0 Å². The third-order valence-corrected chi connectivity index (χ3v) is 3.97. The van der Waals surface area contributed by atoms with Gasteiger partial charge in [-0.3, -0.25) is 5.01 Å². The van der Waals surface area contributed by atoms with Gasteiger partial charge in [-0.05, 0) is 29.8 Å². The highest BCUT2D eigenvalue weighted by atomic mass is 32.1. The quantitative estimate of drug-likeness (QED) is 0.582. The Morgan fingerprint density at radius 2 is 1.71 bits per heavy atom. The molecule has 0 N–H and O–H groups in total. The third kappa shape index (κ3) is 3.24. The maximum atomic E-state index is 14.0. The molecule has 0 saturated heterocycles. The van der Waals surface area contributed by atoms with E-state index in [9.17, 15) is 22.0 Å². The molecule has 2 aromatic rings. The van der Waals surface area contributed by atoms with E-state index < -0.39 is 36.0 Å². The summed E-state index contributed by atoms with van der Waals surface area (Å²) in [6, 6.07) is 8.31. The SMILES string of the molecule is Fc1ccc(N2N=C(C(F)(F)F)CC2c2ccc(S)cc2)c(F)c1. The minimum absolute atomic E-state index is 0.212. The van der Waals surface area contributed by atoms with E-state index in [2.05, 4.69) is 17.7 Å². The largest absolute Gasteiger partial charge is 0.431 e. The molecule has 8 heteroatoms. The number of hydrogen-bond donors (Lipinski definition) is 1. The Labute approximate surface area is 140 Å². The number of rotatable bonds is 2. The van der Waals surface area contributed by atoms with Gasteiger partial charge in [-0.2, -0.15) is 18.3 Å². The van der Waals surface area contributed by atoms with Gasteiger partial charge in [-0.15, -0.1) is 12.6 Å². The number of hydrogen-bond acceptors (Lipinski definition) is 3. The highest BCUT2D eigenvalue weighted by Gasteiger charge is 2.44. The van der Waals surface area contributed by atoms with Crippen molar-refractivity contribution in [3.05, 3.63) is 59.7 Å². The standard InChI is InChI=1S/C16H11F5N2S/c17-10-3-6-13(12(18)7-10)23-14(8-15(22-23)16(19,20)21)9-1-4-11(24)5-2-9/h1-7,14,24H,8H2. The van der Waals surface area contributed by atoms with Crippen LogP contribution in [0, 0.1) is 11.6 Å². The molecular formula is C16H11F5N2S. The number of benzene rings is 2. The molecule has 0 bridgehead atoms. The van der Waals surface area contributed by atoms with Crippen molar-refractivity contribution < 1.29 is 22.0 Å². The summed E-state index contributed by atoms with van der Waals surface area (Å²) in [5.41, 5.74) is -0.693. The first-order chi connectivity index (χ1) is 11.3. The summed E-state index contributed by atoms with van der Waals surface area (Å²) < 4.78 is 66.2. The molecular weight excluding hydrogens is 347 g/mol. The van der Waals surface area contributed by atoms with Crippen LogP contribution in [-0.2, 0) is 0 Å². The van der Waals surface area contributed by atoms with Gasteiger partial charge >= 0.3 is 6.18 Å². The van der Waals surface area contributed by atoms with Crippen LogP contribution in [0.3, 0.4) is 0 Å². The topological polar surface area (TPSA) is 15.6 Å². The first-order valence-corrected chi connectivity index (χ1v) is 7.38. The summed E-state index contributed by atoms with van der Waals surface area (Å²) >= 11 is 4.13. The van der Waals surface area contributed by atoms with Gasteiger partial charge in [0.2, 0.25) is 0 Å². The van der Waals surface area contributed by atoms with Crippen molar-refractivity contribution in [2.24, 2.45) is 5.10 Å². The molecule has 1 aliphatic rings. The highest BCUT2D eigenvalue weighted by Crippen LogP contribution is 2.40. The maximum absolute atomic E-state index is 14.0. The molecule has 1 aliphatic heterocycles. The molecule has 3 rings (SSSR count). The average Bonchev–Trinajstić information content (AvgIpc) is 2.93. The molecule has 0 fully saturated rings. The fourth-order valence-electron chi connectivity index (χ4n) is 2.53. The van der Waals surface area contributed by atoms with Gasteiger partial charge in [0.05, 0.1) is 11.7 Å². The van der Waals surface area contributed by atoms with Crippen molar-refractivity contribution in [1.82, 2.24) is 0 Å². The summed E-state index contributed by atoms with van der Waals surface area (Å²) in [4.78, 5) is 0.647. The Balaban J connectivity index is 2.06. The number of nitrogens with zero attached hydrogens (tertiary/aromatic N) is 2. The van der Waals surface area contributed by atoms with E-state index in [1.165, 1.54) is 0 Å². The van der Waals surface area contributed by atoms with Crippen LogP contribution in [-0.4, -0.2) is 11.9 Å². The van der Waals surface area contributed by atoms with Crippen molar-refractivity contribution in [2.45, 2.75) is 23.5 Å². The minimum atomic E-state index is -4.62. The van der Waals surface area contributed by atoms with Gasteiger partial charge in [0.15, 0.2) is 5.82 Å². The summed E-state index contributed by atoms with van der Waals surface area (Å²) in [5, 5.41) is 4.49. The molecule has 0 saturated carbocycles. The van der Waals surface area contributed by atoms with E-state index in [0.29, 0.717) is 16.5 Å². The van der Waals surface area contributed by atoms with E-state index in [0.717, 1.165) is 17.1 Å². The van der Waals surface area contributed by atoms with Gasteiger partial charge in [-0.1, -0.05) is 12.1 Å². The number of hydrazone groups is 1. The monoisotopic (exact) mass is 358 g/mol. The number of halogens is 5. The van der Waals surface area contributed by atoms with Crippen molar-refractivity contribution in [2.75, 3.05) is 5.01 Å². The van der Waals surface area contributed by atoms with Gasteiger partial charge in [0, 0.05) is 17.4 Å². The predicted octanol–water partition coefficient (Wildman–Crippen LogP) is 5.12. The second-order valence-corrected chi connectivity index (χ2v) is 5.81. The van der Waals surface area contributed by atoms with Crippen LogP contribution in [0.25, 0.3) is 0 Å². The van der Waals surface area contributed by atoms with Crippen molar-refractivity contribution in [1.29, 1.82) is 0 Å². The zero-order chi connectivity index (χ0) is 17.5. The third-order valence-electron chi connectivity index (χ3n) is 3.67. The van der Waals surface area contributed by atoms with Crippen LogP contribution in [0.1, 0.15) is 18.0 Å². The number of thiol groups is 1. The van der Waals surface area contributed by atoms with Crippen molar-refractivity contribution in [3.8, 4) is 0 Å². The van der Waals surface area contributed by atoms with Gasteiger partial charge < -0.3 is 0 Å².